The van der Waals surface area contributed by atoms with Crippen LogP contribution in [-0.2, 0) is 4.74 Å². The maximum absolute atomic E-state index is 5.31. The van der Waals surface area contributed by atoms with Crippen LogP contribution in [0.2, 0.25) is 0 Å². The van der Waals surface area contributed by atoms with Gasteiger partial charge in [-0.05, 0) is 31.0 Å². The van der Waals surface area contributed by atoms with Crippen molar-refractivity contribution in [3.8, 4) is 5.75 Å². The van der Waals surface area contributed by atoms with Crippen LogP contribution in [0.3, 0.4) is 0 Å². The molecule has 0 aliphatic heterocycles. The molecule has 0 radical (unpaired) electrons. The standard InChI is InChI=1S/C11H17NO2/c1-8-5-9(2)11(14-4)10(6-8)12-7-13-3/h5-6,12H,7H2,1-4H3. The highest BCUT2D eigenvalue weighted by atomic mass is 16.5. The topological polar surface area (TPSA) is 30.5 Å². The van der Waals surface area contributed by atoms with E-state index in [1.54, 1.807) is 14.2 Å². The van der Waals surface area contributed by atoms with E-state index < -0.39 is 0 Å². The van der Waals surface area contributed by atoms with E-state index in [0.717, 1.165) is 17.0 Å². The van der Waals surface area contributed by atoms with E-state index in [4.69, 9.17) is 9.47 Å². The maximum atomic E-state index is 5.31. The minimum atomic E-state index is 0.485. The van der Waals surface area contributed by atoms with Crippen LogP contribution in [0.1, 0.15) is 11.1 Å². The molecule has 1 aromatic carbocycles. The fourth-order valence-corrected chi connectivity index (χ4v) is 1.51. The summed E-state index contributed by atoms with van der Waals surface area (Å²) in [5.41, 5.74) is 3.32. The van der Waals surface area contributed by atoms with E-state index in [1.807, 2.05) is 13.0 Å². The molecule has 0 saturated carbocycles. The third-order valence-electron chi connectivity index (χ3n) is 2.03. The van der Waals surface area contributed by atoms with Crippen molar-refractivity contribution >= 4 is 5.69 Å². The predicted molar refractivity (Wildman–Crippen MR) is 58.0 cm³/mol. The first-order valence-electron chi connectivity index (χ1n) is 4.57. The largest absolute Gasteiger partial charge is 0.494 e. The molecule has 0 spiro atoms. The molecule has 3 nitrogen and oxygen atoms in total. The Morgan fingerprint density at radius 2 is 1.93 bits per heavy atom. The molecule has 3 heteroatoms. The number of hydrogen-bond donors (Lipinski definition) is 1. The Bertz CT molecular complexity index is 310. The van der Waals surface area contributed by atoms with Crippen LogP contribution in [0.25, 0.3) is 0 Å². The minimum Gasteiger partial charge on any atom is -0.494 e. The quantitative estimate of drug-likeness (QED) is 0.748. The summed E-state index contributed by atoms with van der Waals surface area (Å²) in [5.74, 6) is 0.882. The van der Waals surface area contributed by atoms with E-state index in [1.165, 1.54) is 5.56 Å². The molecule has 0 heterocycles. The van der Waals surface area contributed by atoms with E-state index in [0.29, 0.717) is 6.73 Å². The first-order valence-corrected chi connectivity index (χ1v) is 4.57. The van der Waals surface area contributed by atoms with E-state index in [2.05, 4.69) is 18.3 Å². The molecule has 0 unspecified atom stereocenters. The minimum absolute atomic E-state index is 0.485. The Balaban J connectivity index is 2.99. The van der Waals surface area contributed by atoms with Crippen LogP contribution in [0.15, 0.2) is 12.1 Å². The van der Waals surface area contributed by atoms with Crippen molar-refractivity contribution in [1.82, 2.24) is 0 Å². The first kappa shape index (κ1) is 10.9. The van der Waals surface area contributed by atoms with E-state index in [-0.39, 0.29) is 0 Å². The summed E-state index contributed by atoms with van der Waals surface area (Å²) < 4.78 is 10.3. The molecule has 1 N–H and O–H groups in total. The Hall–Kier alpha value is -1.22. The Labute approximate surface area is 85.0 Å². The zero-order valence-electron chi connectivity index (χ0n) is 9.18. The fourth-order valence-electron chi connectivity index (χ4n) is 1.51. The SMILES string of the molecule is COCNc1cc(C)cc(C)c1OC. The van der Waals surface area contributed by atoms with Crippen molar-refractivity contribution < 1.29 is 9.47 Å². The van der Waals surface area contributed by atoms with Gasteiger partial charge in [0, 0.05) is 7.11 Å². The van der Waals surface area contributed by atoms with Crippen LogP contribution < -0.4 is 10.1 Å². The van der Waals surface area contributed by atoms with Gasteiger partial charge in [0.25, 0.3) is 0 Å². The van der Waals surface area contributed by atoms with Crippen molar-refractivity contribution in [3.63, 3.8) is 0 Å². The number of rotatable bonds is 4. The molecule has 14 heavy (non-hydrogen) atoms. The highest BCUT2D eigenvalue weighted by Crippen LogP contribution is 2.29. The molecular formula is C11H17NO2. The molecule has 0 atom stereocenters. The zero-order chi connectivity index (χ0) is 10.6. The van der Waals surface area contributed by atoms with Gasteiger partial charge in [0.05, 0.1) is 12.8 Å². The van der Waals surface area contributed by atoms with E-state index >= 15 is 0 Å². The summed E-state index contributed by atoms with van der Waals surface area (Å²) in [7, 11) is 3.33. The predicted octanol–water partition coefficient (Wildman–Crippen LogP) is 2.33. The first-order chi connectivity index (χ1) is 6.69. The highest BCUT2D eigenvalue weighted by molar-refractivity contribution is 5.61. The molecular weight excluding hydrogens is 178 g/mol. The van der Waals surface area contributed by atoms with Crippen molar-refractivity contribution in [2.75, 3.05) is 26.3 Å². The smallest absolute Gasteiger partial charge is 0.144 e. The Morgan fingerprint density at radius 3 is 2.50 bits per heavy atom. The molecule has 78 valence electrons. The summed E-state index contributed by atoms with van der Waals surface area (Å²) in [6.45, 7) is 4.58. The van der Waals surface area contributed by atoms with Crippen molar-refractivity contribution in [3.05, 3.63) is 23.3 Å². The number of hydrogen-bond acceptors (Lipinski definition) is 3. The van der Waals surface area contributed by atoms with Gasteiger partial charge in [-0.3, -0.25) is 0 Å². The molecule has 0 aromatic heterocycles. The number of methoxy groups -OCH3 is 2. The molecule has 0 aliphatic rings. The maximum Gasteiger partial charge on any atom is 0.144 e. The second-order valence-corrected chi connectivity index (χ2v) is 3.27. The van der Waals surface area contributed by atoms with Gasteiger partial charge in [0.1, 0.15) is 12.5 Å². The van der Waals surface area contributed by atoms with Crippen molar-refractivity contribution in [2.24, 2.45) is 0 Å². The summed E-state index contributed by atoms with van der Waals surface area (Å²) in [6, 6.07) is 4.14. The number of ether oxygens (including phenoxy) is 2. The molecule has 0 fully saturated rings. The van der Waals surface area contributed by atoms with Gasteiger partial charge in [-0.25, -0.2) is 0 Å². The molecule has 0 amide bonds. The third-order valence-corrected chi connectivity index (χ3v) is 2.03. The van der Waals surface area contributed by atoms with Crippen LogP contribution in [-0.4, -0.2) is 21.0 Å². The molecule has 1 rings (SSSR count). The summed E-state index contributed by atoms with van der Waals surface area (Å²) in [6.07, 6.45) is 0. The van der Waals surface area contributed by atoms with Crippen LogP contribution in [0.5, 0.6) is 5.75 Å². The third kappa shape index (κ3) is 2.39. The van der Waals surface area contributed by atoms with E-state index in [9.17, 15) is 0 Å². The van der Waals surface area contributed by atoms with Crippen molar-refractivity contribution in [2.45, 2.75) is 13.8 Å². The number of aryl methyl sites for hydroxylation is 2. The molecule has 0 saturated heterocycles. The molecule has 1 aromatic rings. The monoisotopic (exact) mass is 195 g/mol. The second-order valence-electron chi connectivity index (χ2n) is 3.27. The fraction of sp³-hybridized carbons (Fsp3) is 0.455. The summed E-state index contributed by atoms with van der Waals surface area (Å²) >= 11 is 0. The van der Waals surface area contributed by atoms with Gasteiger partial charge >= 0.3 is 0 Å². The number of anilines is 1. The molecule has 0 aliphatic carbocycles. The lowest BCUT2D eigenvalue weighted by molar-refractivity contribution is 0.221. The average Bonchev–Trinajstić information content (AvgIpc) is 2.14. The number of nitrogens with one attached hydrogen (secondary N) is 1. The van der Waals surface area contributed by atoms with Gasteiger partial charge in [-0.1, -0.05) is 6.07 Å². The summed E-state index contributed by atoms with van der Waals surface area (Å²) in [5, 5.41) is 3.15. The van der Waals surface area contributed by atoms with Gasteiger partial charge in [-0.15, -0.1) is 0 Å². The lowest BCUT2D eigenvalue weighted by Gasteiger charge is -2.13. The number of benzene rings is 1. The second kappa shape index (κ2) is 4.86. The van der Waals surface area contributed by atoms with Gasteiger partial charge in [-0.2, -0.15) is 0 Å². The highest BCUT2D eigenvalue weighted by Gasteiger charge is 2.06. The Morgan fingerprint density at radius 1 is 1.21 bits per heavy atom. The van der Waals surface area contributed by atoms with Crippen LogP contribution in [0, 0.1) is 13.8 Å². The van der Waals surface area contributed by atoms with Gasteiger partial charge < -0.3 is 14.8 Å². The Kier molecular flexibility index (Phi) is 3.77. The van der Waals surface area contributed by atoms with Crippen LogP contribution >= 0.6 is 0 Å². The summed E-state index contributed by atoms with van der Waals surface area (Å²) in [4.78, 5) is 0. The van der Waals surface area contributed by atoms with Gasteiger partial charge in [0.2, 0.25) is 0 Å². The zero-order valence-corrected chi connectivity index (χ0v) is 9.18. The van der Waals surface area contributed by atoms with Crippen molar-refractivity contribution in [1.29, 1.82) is 0 Å². The van der Waals surface area contributed by atoms with Crippen LogP contribution in [0.4, 0.5) is 5.69 Å². The lowest BCUT2D eigenvalue weighted by Crippen LogP contribution is -2.05. The van der Waals surface area contributed by atoms with Gasteiger partial charge in [0.15, 0.2) is 0 Å². The lowest BCUT2D eigenvalue weighted by atomic mass is 10.1. The normalized spacial score (nSPS) is 10.0. The molecule has 0 bridgehead atoms. The average molecular weight is 195 g/mol.